The van der Waals surface area contributed by atoms with Gasteiger partial charge in [0.05, 0.1) is 22.8 Å². The van der Waals surface area contributed by atoms with Gasteiger partial charge in [0.2, 0.25) is 0 Å². The molecule has 11 rings (SSSR count). The van der Waals surface area contributed by atoms with Gasteiger partial charge < -0.3 is 0 Å². The smallest absolute Gasteiger partial charge is 0.160 e. The fourth-order valence-corrected chi connectivity index (χ4v) is 9.72. The molecule has 0 atom stereocenters. The van der Waals surface area contributed by atoms with E-state index in [0.717, 1.165) is 80.1 Å². The summed E-state index contributed by atoms with van der Waals surface area (Å²) < 4.78 is 0. The summed E-state index contributed by atoms with van der Waals surface area (Å²) in [5.41, 5.74) is 17.1. The Balaban J connectivity index is 0.939. The molecule has 0 aliphatic heterocycles. The Morgan fingerprint density at radius 3 is 0.939 bits per heavy atom. The highest BCUT2D eigenvalue weighted by atomic mass is 14.9. The van der Waals surface area contributed by atoms with Gasteiger partial charge >= 0.3 is 0 Å². The van der Waals surface area contributed by atoms with Gasteiger partial charge in [0.25, 0.3) is 0 Å². The molecule has 1 fully saturated rings. The summed E-state index contributed by atoms with van der Waals surface area (Å²) in [4.78, 5) is 20.8. The van der Waals surface area contributed by atoms with Crippen LogP contribution in [-0.2, 0) is 5.41 Å². The van der Waals surface area contributed by atoms with E-state index in [2.05, 4.69) is 218 Å². The van der Waals surface area contributed by atoms with Crippen molar-refractivity contribution in [3.63, 3.8) is 0 Å². The zero-order valence-electron chi connectivity index (χ0n) is 36.8. The van der Waals surface area contributed by atoms with Crippen molar-refractivity contribution in [1.82, 2.24) is 19.9 Å². The summed E-state index contributed by atoms with van der Waals surface area (Å²) in [5, 5.41) is 0. The number of benzene rings is 8. The first kappa shape index (κ1) is 40.7. The summed E-state index contributed by atoms with van der Waals surface area (Å²) >= 11 is 0. The van der Waals surface area contributed by atoms with Gasteiger partial charge in [-0.05, 0) is 70.5 Å². The Morgan fingerprint density at radius 1 is 0.242 bits per heavy atom. The molecule has 1 saturated carbocycles. The first-order chi connectivity index (χ1) is 32.6. The number of aromatic nitrogens is 4. The number of hydrogen-bond donors (Lipinski definition) is 0. The quantitative estimate of drug-likeness (QED) is 0.138. The molecule has 10 aromatic rings. The summed E-state index contributed by atoms with van der Waals surface area (Å²) in [6.07, 6.45) is 5.81. The average Bonchev–Trinajstić information content (AvgIpc) is 3.42. The highest BCUT2D eigenvalue weighted by Crippen LogP contribution is 2.46. The van der Waals surface area contributed by atoms with Gasteiger partial charge in [-0.25, -0.2) is 19.9 Å². The standard InChI is InChI=1S/C62H48N4/c1-6-18-44(19-7-1)50-26-16-28-52(40-50)58-42-56(46-22-10-3-11-23-46)63-60(65-58)48-30-34-54(35-31-48)62(38-14-5-15-39-62)55-36-32-49(33-37-55)61-64-57(47-24-12-4-13-25-47)43-59(66-61)53-29-17-27-51(41-53)45-20-8-2-9-21-45/h1-4,6-13,16-37,40-43H,5,14-15,38-39H2. The molecule has 0 radical (unpaired) electrons. The third-order valence-corrected chi connectivity index (χ3v) is 13.2. The maximum atomic E-state index is 5.24. The van der Waals surface area contributed by atoms with E-state index >= 15 is 0 Å². The Bertz CT molecular complexity index is 3020. The zero-order valence-corrected chi connectivity index (χ0v) is 36.8. The highest BCUT2D eigenvalue weighted by Gasteiger charge is 2.36. The van der Waals surface area contributed by atoms with Crippen molar-refractivity contribution in [2.75, 3.05) is 0 Å². The molecule has 1 aliphatic rings. The van der Waals surface area contributed by atoms with E-state index in [1.807, 2.05) is 12.1 Å². The first-order valence-corrected chi connectivity index (χ1v) is 23.1. The van der Waals surface area contributed by atoms with Crippen molar-refractivity contribution in [1.29, 1.82) is 0 Å². The number of rotatable bonds is 10. The third kappa shape index (κ3) is 8.37. The molecule has 0 spiro atoms. The number of nitrogens with zero attached hydrogens (tertiary/aromatic N) is 4. The van der Waals surface area contributed by atoms with E-state index in [9.17, 15) is 0 Å². The maximum Gasteiger partial charge on any atom is 0.160 e. The maximum absolute atomic E-state index is 5.24. The minimum atomic E-state index is -0.110. The second-order valence-corrected chi connectivity index (χ2v) is 17.3. The van der Waals surface area contributed by atoms with Crippen molar-refractivity contribution in [3.05, 3.63) is 242 Å². The van der Waals surface area contributed by atoms with Crippen LogP contribution in [0.1, 0.15) is 43.2 Å². The van der Waals surface area contributed by atoms with Crippen LogP contribution < -0.4 is 0 Å². The fraction of sp³-hybridized carbons (Fsp3) is 0.0968. The normalized spacial score (nSPS) is 13.3. The topological polar surface area (TPSA) is 51.6 Å². The van der Waals surface area contributed by atoms with Crippen LogP contribution in [-0.4, -0.2) is 19.9 Å². The fourth-order valence-electron chi connectivity index (χ4n) is 9.72. The minimum Gasteiger partial charge on any atom is -0.228 e. The van der Waals surface area contributed by atoms with Crippen LogP contribution in [0.3, 0.4) is 0 Å². The SMILES string of the molecule is c1ccc(-c2cccc(-c3cc(-c4ccccc4)nc(-c4ccc(C5(c6ccc(-c7nc(-c8ccccc8)cc(-c8cccc(-c9ccccc9)c8)n7)cc6)CCCCC5)cc4)n3)c2)cc1. The molecular weight excluding hydrogens is 801 g/mol. The lowest BCUT2D eigenvalue weighted by Crippen LogP contribution is -2.30. The van der Waals surface area contributed by atoms with Gasteiger partial charge in [-0.3, -0.25) is 0 Å². The molecular formula is C62H48N4. The van der Waals surface area contributed by atoms with Gasteiger partial charge in [-0.1, -0.05) is 226 Å². The molecule has 1 aliphatic carbocycles. The van der Waals surface area contributed by atoms with Gasteiger partial charge in [-0.2, -0.15) is 0 Å². The van der Waals surface area contributed by atoms with Crippen molar-refractivity contribution in [3.8, 4) is 90.1 Å². The molecule has 66 heavy (non-hydrogen) atoms. The summed E-state index contributed by atoms with van der Waals surface area (Å²) in [6.45, 7) is 0. The van der Waals surface area contributed by atoms with Crippen LogP contribution in [0.4, 0.5) is 0 Å². The predicted octanol–water partition coefficient (Wildman–Crippen LogP) is 15.9. The molecule has 316 valence electrons. The summed E-state index contributed by atoms with van der Waals surface area (Å²) in [7, 11) is 0. The van der Waals surface area contributed by atoms with E-state index in [0.29, 0.717) is 11.6 Å². The zero-order chi connectivity index (χ0) is 44.1. The summed E-state index contributed by atoms with van der Waals surface area (Å²) in [5.74, 6) is 1.43. The van der Waals surface area contributed by atoms with Crippen molar-refractivity contribution in [2.24, 2.45) is 0 Å². The van der Waals surface area contributed by atoms with Crippen LogP contribution >= 0.6 is 0 Å². The van der Waals surface area contributed by atoms with E-state index in [4.69, 9.17) is 19.9 Å². The van der Waals surface area contributed by atoms with E-state index in [1.54, 1.807) is 0 Å². The largest absolute Gasteiger partial charge is 0.228 e. The summed E-state index contributed by atoms with van der Waals surface area (Å²) in [6, 6.07) is 81.6. The first-order valence-electron chi connectivity index (χ1n) is 23.1. The lowest BCUT2D eigenvalue weighted by atomic mass is 9.65. The monoisotopic (exact) mass is 848 g/mol. The average molecular weight is 849 g/mol. The molecule has 0 amide bonds. The Hall–Kier alpha value is -8.08. The van der Waals surface area contributed by atoms with Gasteiger partial charge in [0.1, 0.15) is 0 Å². The molecule has 4 nitrogen and oxygen atoms in total. The lowest BCUT2D eigenvalue weighted by Gasteiger charge is -2.39. The number of hydrogen-bond acceptors (Lipinski definition) is 4. The van der Waals surface area contributed by atoms with Crippen molar-refractivity contribution >= 4 is 0 Å². The Kier molecular flexibility index (Phi) is 11.2. The predicted molar refractivity (Wildman–Crippen MR) is 271 cm³/mol. The molecule has 0 N–H and O–H groups in total. The molecule has 0 bridgehead atoms. The second kappa shape index (κ2) is 18.2. The van der Waals surface area contributed by atoms with Crippen LogP contribution in [0.5, 0.6) is 0 Å². The van der Waals surface area contributed by atoms with Gasteiger partial charge in [0.15, 0.2) is 11.6 Å². The Labute approximate surface area is 387 Å². The molecule has 0 unspecified atom stereocenters. The Morgan fingerprint density at radius 2 is 0.561 bits per heavy atom. The third-order valence-electron chi connectivity index (χ3n) is 13.2. The van der Waals surface area contributed by atoms with Crippen molar-refractivity contribution in [2.45, 2.75) is 37.5 Å². The van der Waals surface area contributed by atoms with E-state index in [-0.39, 0.29) is 5.41 Å². The molecule has 0 saturated heterocycles. The van der Waals surface area contributed by atoms with Crippen molar-refractivity contribution < 1.29 is 0 Å². The van der Waals surface area contributed by atoms with Crippen LogP contribution in [0.15, 0.2) is 231 Å². The highest BCUT2D eigenvalue weighted by molar-refractivity contribution is 5.78. The lowest BCUT2D eigenvalue weighted by molar-refractivity contribution is 0.346. The molecule has 8 aromatic carbocycles. The van der Waals surface area contributed by atoms with Gasteiger partial charge in [0, 0.05) is 38.8 Å². The molecule has 4 heteroatoms. The van der Waals surface area contributed by atoms with Gasteiger partial charge in [-0.15, -0.1) is 0 Å². The van der Waals surface area contributed by atoms with E-state index < -0.39 is 0 Å². The van der Waals surface area contributed by atoms with E-state index in [1.165, 1.54) is 41.5 Å². The van der Waals surface area contributed by atoms with Crippen LogP contribution in [0, 0.1) is 0 Å². The molecule has 2 heterocycles. The molecule has 2 aromatic heterocycles. The second-order valence-electron chi connectivity index (χ2n) is 17.3. The van der Waals surface area contributed by atoms with Crippen LogP contribution in [0.2, 0.25) is 0 Å². The van der Waals surface area contributed by atoms with Crippen LogP contribution in [0.25, 0.3) is 90.1 Å². The minimum absolute atomic E-state index is 0.110.